The third-order valence-electron chi connectivity index (χ3n) is 6.41. The quantitative estimate of drug-likeness (QED) is 0.0364. The van der Waals surface area contributed by atoms with E-state index in [4.69, 9.17) is 28.7 Å². The van der Waals surface area contributed by atoms with Gasteiger partial charge in [-0.2, -0.15) is 12.6 Å². The van der Waals surface area contributed by atoms with Gasteiger partial charge in [0, 0.05) is 42.4 Å². The first-order valence-electron chi connectivity index (χ1n) is 13.6. The van der Waals surface area contributed by atoms with Crippen LogP contribution in [0.2, 0.25) is 0 Å². The van der Waals surface area contributed by atoms with Crippen LogP contribution in [0.4, 0.5) is 0 Å². The third kappa shape index (κ3) is 11.7. The van der Waals surface area contributed by atoms with Crippen LogP contribution in [0.1, 0.15) is 31.2 Å². The minimum Gasteiger partial charge on any atom is -0.480 e. The molecule has 17 heteroatoms. The molecule has 236 valence electrons. The number of hydrogen-bond donors (Lipinski definition) is 11. The maximum absolute atomic E-state index is 13.5. The summed E-state index contributed by atoms with van der Waals surface area (Å²) in [4.78, 5) is 62.1. The maximum atomic E-state index is 13.5. The molecular weight excluding hydrogens is 578 g/mol. The number of carboxylic acid groups (broad SMARTS) is 1. The summed E-state index contributed by atoms with van der Waals surface area (Å²) in [5.41, 5.74) is 28.9. The monoisotopic (exact) mass is 619 g/mol. The lowest BCUT2D eigenvalue weighted by atomic mass is 10.0. The van der Waals surface area contributed by atoms with Gasteiger partial charge in [0.15, 0.2) is 11.9 Å². The maximum Gasteiger partial charge on any atom is 0.327 e. The Morgan fingerprint density at radius 1 is 0.837 bits per heavy atom. The molecule has 4 unspecified atom stereocenters. The Labute approximate surface area is 254 Å². The fraction of sp³-hybridized carbons (Fsp3) is 0.462. The molecule has 0 spiro atoms. The summed E-state index contributed by atoms with van der Waals surface area (Å²) in [6.45, 7) is 0.466. The molecule has 0 fully saturated rings. The van der Waals surface area contributed by atoms with Crippen LogP contribution in [-0.4, -0.2) is 88.7 Å². The molecule has 1 heterocycles. The molecule has 1 aromatic carbocycles. The zero-order valence-electron chi connectivity index (χ0n) is 23.7. The van der Waals surface area contributed by atoms with Gasteiger partial charge in [-0.25, -0.2) is 4.79 Å². The van der Waals surface area contributed by atoms with E-state index in [-0.39, 0.29) is 50.0 Å². The first-order valence-corrected chi connectivity index (χ1v) is 14.2. The molecule has 4 atom stereocenters. The second-order valence-corrected chi connectivity index (χ2v) is 10.1. The summed E-state index contributed by atoms with van der Waals surface area (Å²) in [7, 11) is 0. The Morgan fingerprint density at radius 3 is 2.00 bits per heavy atom. The van der Waals surface area contributed by atoms with Crippen molar-refractivity contribution >= 4 is 59.1 Å². The average Bonchev–Trinajstić information content (AvgIpc) is 3.37. The van der Waals surface area contributed by atoms with Crippen molar-refractivity contribution in [1.29, 1.82) is 0 Å². The Hall–Kier alpha value is -4.51. The number of carbonyl (C=O) groups is 4. The van der Waals surface area contributed by atoms with Gasteiger partial charge in [0.1, 0.15) is 18.1 Å². The van der Waals surface area contributed by atoms with Crippen LogP contribution in [-0.2, 0) is 25.6 Å². The van der Waals surface area contributed by atoms with Crippen LogP contribution in [0.3, 0.4) is 0 Å². The fourth-order valence-electron chi connectivity index (χ4n) is 4.16. The Balaban J connectivity index is 2.26. The van der Waals surface area contributed by atoms with Crippen molar-refractivity contribution in [3.05, 3.63) is 36.0 Å². The first-order chi connectivity index (χ1) is 20.4. The summed E-state index contributed by atoms with van der Waals surface area (Å²) in [6, 6.07) is 2.84. The fourth-order valence-corrected chi connectivity index (χ4v) is 4.41. The van der Waals surface area contributed by atoms with Crippen molar-refractivity contribution in [2.75, 3.05) is 18.8 Å². The number of guanidine groups is 2. The van der Waals surface area contributed by atoms with Gasteiger partial charge in [-0.15, -0.1) is 0 Å². The van der Waals surface area contributed by atoms with Crippen LogP contribution in [0, 0.1) is 0 Å². The molecule has 15 N–H and O–H groups in total. The van der Waals surface area contributed by atoms with Crippen LogP contribution in [0.15, 0.2) is 40.4 Å². The largest absolute Gasteiger partial charge is 0.480 e. The highest BCUT2D eigenvalue weighted by molar-refractivity contribution is 7.80. The minimum atomic E-state index is -1.29. The van der Waals surface area contributed by atoms with Gasteiger partial charge in [-0.05, 0) is 37.3 Å². The average molecular weight is 620 g/mol. The Kier molecular flexibility index (Phi) is 14.1. The molecule has 0 radical (unpaired) electrons. The summed E-state index contributed by atoms with van der Waals surface area (Å²) in [5.74, 6) is -3.65. The molecule has 0 saturated heterocycles. The molecule has 43 heavy (non-hydrogen) atoms. The number of aliphatic carboxylic acids is 1. The number of aliphatic imine (C=N–C) groups is 2. The van der Waals surface area contributed by atoms with Gasteiger partial charge < -0.3 is 54.7 Å². The molecule has 0 aliphatic carbocycles. The van der Waals surface area contributed by atoms with Crippen LogP contribution in [0.25, 0.3) is 10.9 Å². The Bertz CT molecular complexity index is 1310. The molecule has 3 amide bonds. The number of rotatable bonds is 18. The number of benzene rings is 1. The number of nitrogens with zero attached hydrogens (tertiary/aromatic N) is 2. The molecule has 0 bridgehead atoms. The van der Waals surface area contributed by atoms with E-state index in [1.165, 1.54) is 0 Å². The van der Waals surface area contributed by atoms with Gasteiger partial charge in [0.05, 0.1) is 6.04 Å². The number of H-pyrrole nitrogens is 1. The molecule has 0 saturated carbocycles. The molecule has 2 aromatic rings. The number of thiol groups is 1. The van der Waals surface area contributed by atoms with Crippen LogP contribution >= 0.6 is 12.6 Å². The van der Waals surface area contributed by atoms with Crippen molar-refractivity contribution in [3.8, 4) is 0 Å². The van der Waals surface area contributed by atoms with Crippen molar-refractivity contribution in [2.24, 2.45) is 38.7 Å². The van der Waals surface area contributed by atoms with E-state index in [0.717, 1.165) is 10.9 Å². The topological polar surface area (TPSA) is 295 Å². The predicted molar refractivity (Wildman–Crippen MR) is 167 cm³/mol. The van der Waals surface area contributed by atoms with E-state index in [1.54, 1.807) is 6.20 Å². The van der Waals surface area contributed by atoms with E-state index in [2.05, 4.69) is 43.5 Å². The normalized spacial score (nSPS) is 13.6. The van der Waals surface area contributed by atoms with E-state index >= 15 is 0 Å². The number of fused-ring (bicyclic) bond motifs is 1. The SMILES string of the molecule is NC(N)=NCCCC(N)C(=O)NC(CCCN=C(N)N)C(=O)NC(Cc1c[nH]c2ccccc12)C(=O)NC(CS)C(=O)O. The summed E-state index contributed by atoms with van der Waals surface area (Å²) < 4.78 is 0. The molecule has 0 aliphatic rings. The number of carboxylic acids is 1. The van der Waals surface area contributed by atoms with Gasteiger partial charge in [0.2, 0.25) is 17.7 Å². The third-order valence-corrected chi connectivity index (χ3v) is 6.78. The zero-order chi connectivity index (χ0) is 31.9. The molecule has 1 aromatic heterocycles. The summed E-state index contributed by atoms with van der Waals surface area (Å²) in [6.07, 6.45) is 2.84. The molecule has 16 nitrogen and oxygen atoms in total. The number of carbonyl (C=O) groups excluding carboxylic acids is 3. The van der Waals surface area contributed by atoms with Crippen LogP contribution in [0.5, 0.6) is 0 Å². The molecular formula is C26H41N11O5S. The lowest BCUT2D eigenvalue weighted by Crippen LogP contribution is -2.57. The standard InChI is InChI=1S/C26H41N11O5S/c27-16(6-3-9-32-25(28)29)21(38)35-18(8-4-10-33-26(30)31)22(39)36-19(23(40)37-20(13-43)24(41)42)11-14-12-34-17-7-2-1-5-15(14)17/h1-2,5,7,12,16,18-20,34,43H,3-4,6,8-11,13,27H2,(H,35,38)(H,36,39)(H,37,40)(H,41,42)(H4,28,29,32)(H4,30,31,33). The van der Waals surface area contributed by atoms with Crippen molar-refractivity contribution < 1.29 is 24.3 Å². The van der Waals surface area contributed by atoms with E-state index < -0.39 is 47.9 Å². The van der Waals surface area contributed by atoms with Gasteiger partial charge in [-0.3, -0.25) is 24.4 Å². The smallest absolute Gasteiger partial charge is 0.327 e. The predicted octanol–water partition coefficient (Wildman–Crippen LogP) is -2.39. The second kappa shape index (κ2) is 17.4. The summed E-state index contributed by atoms with van der Waals surface area (Å²) >= 11 is 4.00. The van der Waals surface area contributed by atoms with Crippen LogP contribution < -0.4 is 44.6 Å². The van der Waals surface area contributed by atoms with Gasteiger partial charge in [-0.1, -0.05) is 18.2 Å². The first kappa shape index (κ1) is 34.7. The minimum absolute atomic E-state index is 0.0273. The number of para-hydroxylation sites is 1. The van der Waals surface area contributed by atoms with Gasteiger partial charge in [0.25, 0.3) is 0 Å². The van der Waals surface area contributed by atoms with Crippen molar-refractivity contribution in [3.63, 3.8) is 0 Å². The number of nitrogens with two attached hydrogens (primary N) is 5. The number of aromatic nitrogens is 1. The number of hydrogen-bond acceptors (Lipinski definition) is 8. The van der Waals surface area contributed by atoms with E-state index in [0.29, 0.717) is 18.4 Å². The molecule has 0 aliphatic heterocycles. The number of aromatic amines is 1. The lowest BCUT2D eigenvalue weighted by Gasteiger charge is -2.25. The van der Waals surface area contributed by atoms with Crippen molar-refractivity contribution in [2.45, 2.75) is 56.3 Å². The van der Waals surface area contributed by atoms with Gasteiger partial charge >= 0.3 is 5.97 Å². The number of amides is 3. The Morgan fingerprint density at radius 2 is 1.40 bits per heavy atom. The highest BCUT2D eigenvalue weighted by Gasteiger charge is 2.30. The van der Waals surface area contributed by atoms with Crippen molar-refractivity contribution in [1.82, 2.24) is 20.9 Å². The van der Waals surface area contributed by atoms with E-state index in [1.807, 2.05) is 24.3 Å². The highest BCUT2D eigenvalue weighted by atomic mass is 32.1. The zero-order valence-corrected chi connectivity index (χ0v) is 24.6. The second-order valence-electron chi connectivity index (χ2n) is 9.77. The highest BCUT2D eigenvalue weighted by Crippen LogP contribution is 2.19. The summed E-state index contributed by atoms with van der Waals surface area (Å²) in [5, 5.41) is 18.0. The lowest BCUT2D eigenvalue weighted by molar-refractivity contribution is -0.141. The van der Waals surface area contributed by atoms with E-state index in [9.17, 15) is 24.3 Å². The molecule has 2 rings (SSSR count). The number of nitrogens with one attached hydrogen (secondary N) is 4.